The predicted molar refractivity (Wildman–Crippen MR) is 79.3 cm³/mol. The maximum Gasteiger partial charge on any atom is 0.124 e. The molecule has 4 heteroatoms. The van der Waals surface area contributed by atoms with E-state index in [9.17, 15) is 5.11 Å². The number of β-amino-alcohol motifs (C(OH)–C–C–N with tert-alkyl or cyclic N) is 1. The lowest BCUT2D eigenvalue weighted by molar-refractivity contribution is 0.106. The van der Waals surface area contributed by atoms with Gasteiger partial charge in [-0.05, 0) is 37.5 Å². The number of ether oxygens (including phenoxy) is 2. The van der Waals surface area contributed by atoms with Crippen molar-refractivity contribution in [2.24, 2.45) is 5.92 Å². The first-order valence-electron chi connectivity index (χ1n) is 7.19. The van der Waals surface area contributed by atoms with Gasteiger partial charge in [-0.3, -0.25) is 4.90 Å². The fourth-order valence-electron chi connectivity index (χ4n) is 3.06. The number of likely N-dealkylation sites (tertiary alicyclic amines) is 1. The smallest absolute Gasteiger partial charge is 0.124 e. The van der Waals surface area contributed by atoms with E-state index in [1.165, 1.54) is 6.42 Å². The van der Waals surface area contributed by atoms with Gasteiger partial charge in [0.25, 0.3) is 0 Å². The van der Waals surface area contributed by atoms with Crippen molar-refractivity contribution in [1.29, 1.82) is 0 Å². The zero-order valence-electron chi connectivity index (χ0n) is 12.8. The average molecular weight is 279 g/mol. The third-order valence-corrected chi connectivity index (χ3v) is 4.12. The van der Waals surface area contributed by atoms with Gasteiger partial charge >= 0.3 is 0 Å². The fourth-order valence-corrected chi connectivity index (χ4v) is 3.06. The molecular formula is C16H25NO3. The molecule has 0 saturated carbocycles. The zero-order chi connectivity index (χ0) is 14.7. The van der Waals surface area contributed by atoms with Gasteiger partial charge in [-0.2, -0.15) is 0 Å². The molecule has 2 rings (SSSR count). The molecule has 1 N–H and O–H groups in total. The second kappa shape index (κ2) is 6.46. The second-order valence-electron chi connectivity index (χ2n) is 5.77. The highest BCUT2D eigenvalue weighted by Crippen LogP contribution is 2.32. The van der Waals surface area contributed by atoms with Crippen LogP contribution in [0.4, 0.5) is 0 Å². The Bertz CT molecular complexity index is 449. The van der Waals surface area contributed by atoms with Crippen LogP contribution in [0, 0.1) is 5.92 Å². The second-order valence-corrected chi connectivity index (χ2v) is 5.77. The molecule has 0 bridgehead atoms. The van der Waals surface area contributed by atoms with Gasteiger partial charge in [-0.25, -0.2) is 0 Å². The van der Waals surface area contributed by atoms with Crippen LogP contribution in [0.25, 0.3) is 0 Å². The summed E-state index contributed by atoms with van der Waals surface area (Å²) in [6.07, 6.45) is 0.634. The number of aliphatic hydroxyl groups is 1. The SMILES string of the molecule is COc1ccc(OC)c(C(O)CN2CC(C)CC2C)c1. The standard InChI is InChI=1S/C16H25NO3/c1-11-7-12(2)17(9-11)10-15(18)14-8-13(19-3)5-6-16(14)20-4/h5-6,8,11-12,15,18H,7,9-10H2,1-4H3. The van der Waals surface area contributed by atoms with Crippen molar-refractivity contribution in [1.82, 2.24) is 4.90 Å². The molecule has 3 atom stereocenters. The number of hydrogen-bond acceptors (Lipinski definition) is 4. The van der Waals surface area contributed by atoms with Crippen molar-refractivity contribution < 1.29 is 14.6 Å². The van der Waals surface area contributed by atoms with Crippen LogP contribution >= 0.6 is 0 Å². The Morgan fingerprint density at radius 2 is 2.05 bits per heavy atom. The first kappa shape index (κ1) is 15.1. The van der Waals surface area contributed by atoms with Gasteiger partial charge in [0.15, 0.2) is 0 Å². The van der Waals surface area contributed by atoms with Crippen LogP contribution in [-0.2, 0) is 0 Å². The highest BCUT2D eigenvalue weighted by molar-refractivity contribution is 5.41. The quantitative estimate of drug-likeness (QED) is 0.899. The van der Waals surface area contributed by atoms with E-state index in [1.54, 1.807) is 14.2 Å². The first-order chi connectivity index (χ1) is 9.55. The van der Waals surface area contributed by atoms with Gasteiger partial charge < -0.3 is 14.6 Å². The van der Waals surface area contributed by atoms with Crippen LogP contribution < -0.4 is 9.47 Å². The predicted octanol–water partition coefficient (Wildman–Crippen LogP) is 2.47. The molecule has 1 aliphatic rings. The molecule has 3 unspecified atom stereocenters. The average Bonchev–Trinajstić information content (AvgIpc) is 2.76. The fraction of sp³-hybridized carbons (Fsp3) is 0.625. The topological polar surface area (TPSA) is 41.9 Å². The third-order valence-electron chi connectivity index (χ3n) is 4.12. The molecule has 1 aliphatic heterocycles. The molecule has 0 amide bonds. The van der Waals surface area contributed by atoms with Crippen molar-refractivity contribution in [3.63, 3.8) is 0 Å². The zero-order valence-corrected chi connectivity index (χ0v) is 12.8. The van der Waals surface area contributed by atoms with E-state index in [2.05, 4.69) is 18.7 Å². The highest BCUT2D eigenvalue weighted by Gasteiger charge is 2.28. The summed E-state index contributed by atoms with van der Waals surface area (Å²) in [6, 6.07) is 6.06. The summed E-state index contributed by atoms with van der Waals surface area (Å²) in [5, 5.41) is 10.5. The number of methoxy groups -OCH3 is 2. The Kier molecular flexibility index (Phi) is 4.89. The lowest BCUT2D eigenvalue weighted by atomic mass is 10.1. The Labute approximate surface area is 121 Å². The molecule has 20 heavy (non-hydrogen) atoms. The van der Waals surface area contributed by atoms with Gasteiger partial charge in [-0.1, -0.05) is 6.92 Å². The molecule has 1 saturated heterocycles. The maximum atomic E-state index is 10.5. The molecule has 0 spiro atoms. The Balaban J connectivity index is 2.13. The van der Waals surface area contributed by atoms with E-state index >= 15 is 0 Å². The van der Waals surface area contributed by atoms with E-state index in [4.69, 9.17) is 9.47 Å². The van der Waals surface area contributed by atoms with E-state index in [1.807, 2.05) is 18.2 Å². The molecule has 0 radical (unpaired) electrons. The molecule has 1 aromatic rings. The van der Waals surface area contributed by atoms with Gasteiger partial charge in [0.1, 0.15) is 11.5 Å². The molecule has 4 nitrogen and oxygen atoms in total. The number of hydrogen-bond donors (Lipinski definition) is 1. The maximum absolute atomic E-state index is 10.5. The summed E-state index contributed by atoms with van der Waals surface area (Å²) in [4.78, 5) is 2.34. The van der Waals surface area contributed by atoms with Crippen LogP contribution in [0.15, 0.2) is 18.2 Å². The number of aliphatic hydroxyl groups excluding tert-OH is 1. The number of nitrogens with zero attached hydrogens (tertiary/aromatic N) is 1. The minimum atomic E-state index is -0.562. The molecule has 0 aromatic heterocycles. The first-order valence-corrected chi connectivity index (χ1v) is 7.19. The van der Waals surface area contributed by atoms with Gasteiger partial charge in [0.2, 0.25) is 0 Å². The molecule has 1 aromatic carbocycles. The van der Waals surface area contributed by atoms with Crippen LogP contribution in [0.5, 0.6) is 11.5 Å². The minimum absolute atomic E-state index is 0.524. The van der Waals surface area contributed by atoms with Crippen molar-refractivity contribution in [2.45, 2.75) is 32.4 Å². The molecule has 0 aliphatic carbocycles. The normalized spacial score (nSPS) is 24.6. The van der Waals surface area contributed by atoms with E-state index in [0.717, 1.165) is 17.9 Å². The summed E-state index contributed by atoms with van der Waals surface area (Å²) in [5.74, 6) is 2.14. The van der Waals surface area contributed by atoms with E-state index in [-0.39, 0.29) is 0 Å². The van der Waals surface area contributed by atoms with Crippen molar-refractivity contribution in [2.75, 3.05) is 27.3 Å². The Morgan fingerprint density at radius 1 is 1.30 bits per heavy atom. The minimum Gasteiger partial charge on any atom is -0.497 e. The highest BCUT2D eigenvalue weighted by atomic mass is 16.5. The van der Waals surface area contributed by atoms with E-state index < -0.39 is 6.10 Å². The molecule has 112 valence electrons. The van der Waals surface area contributed by atoms with Gasteiger partial charge in [0.05, 0.1) is 20.3 Å². The summed E-state index contributed by atoms with van der Waals surface area (Å²) in [7, 11) is 3.25. The number of rotatable bonds is 5. The monoisotopic (exact) mass is 279 g/mol. The van der Waals surface area contributed by atoms with Gasteiger partial charge in [-0.15, -0.1) is 0 Å². The largest absolute Gasteiger partial charge is 0.497 e. The Morgan fingerprint density at radius 3 is 2.60 bits per heavy atom. The molecular weight excluding hydrogens is 254 g/mol. The lowest BCUT2D eigenvalue weighted by Crippen LogP contribution is -2.31. The van der Waals surface area contributed by atoms with Crippen molar-refractivity contribution in [3.05, 3.63) is 23.8 Å². The number of benzene rings is 1. The third kappa shape index (κ3) is 3.25. The van der Waals surface area contributed by atoms with Crippen LogP contribution in [-0.4, -0.2) is 43.4 Å². The van der Waals surface area contributed by atoms with Crippen LogP contribution in [0.1, 0.15) is 31.9 Å². The van der Waals surface area contributed by atoms with Crippen LogP contribution in [0.3, 0.4) is 0 Å². The summed E-state index contributed by atoms with van der Waals surface area (Å²) in [6.45, 7) is 6.16. The van der Waals surface area contributed by atoms with Gasteiger partial charge in [0, 0.05) is 24.7 Å². The summed E-state index contributed by atoms with van der Waals surface area (Å²) >= 11 is 0. The van der Waals surface area contributed by atoms with Crippen molar-refractivity contribution >= 4 is 0 Å². The Hall–Kier alpha value is -1.26. The lowest BCUT2D eigenvalue weighted by Gasteiger charge is -2.25. The molecule has 1 heterocycles. The van der Waals surface area contributed by atoms with E-state index in [0.29, 0.717) is 24.3 Å². The molecule has 1 fully saturated rings. The summed E-state index contributed by atoms with van der Waals surface area (Å²) < 4.78 is 10.6. The van der Waals surface area contributed by atoms with Crippen LogP contribution in [0.2, 0.25) is 0 Å². The summed E-state index contributed by atoms with van der Waals surface area (Å²) in [5.41, 5.74) is 0.790. The van der Waals surface area contributed by atoms with Crippen molar-refractivity contribution in [3.8, 4) is 11.5 Å².